The largest absolute Gasteiger partial charge is 0.333 e. The summed E-state index contributed by atoms with van der Waals surface area (Å²) in [6.45, 7) is 11.3. The Labute approximate surface area is 160 Å². The Balaban J connectivity index is 2.33. The Morgan fingerprint density at radius 2 is 1.59 bits per heavy atom. The zero-order valence-corrected chi connectivity index (χ0v) is 17.3. The first-order valence-electron chi connectivity index (χ1n) is 8.79. The van der Waals surface area contributed by atoms with Crippen LogP contribution in [0.4, 0.5) is 10.5 Å². The molecule has 0 radical (unpaired) electrons. The molecule has 0 atom stereocenters. The van der Waals surface area contributed by atoms with E-state index in [2.05, 4.69) is 20.0 Å². The summed E-state index contributed by atoms with van der Waals surface area (Å²) >= 11 is 0. The summed E-state index contributed by atoms with van der Waals surface area (Å²) in [5.74, 6) is 0.801. The minimum atomic E-state index is -4.08. The number of carbonyl (C=O) groups excluding carboxylic acids is 1. The van der Waals surface area contributed by atoms with Crippen LogP contribution in [0.3, 0.4) is 0 Å². The summed E-state index contributed by atoms with van der Waals surface area (Å²) in [6, 6.07) is 4.99. The number of para-hydroxylation sites is 1. The van der Waals surface area contributed by atoms with Gasteiger partial charge in [0, 0.05) is 5.69 Å². The Bertz CT molecular complexity index is 927. The van der Waals surface area contributed by atoms with Crippen LogP contribution < -0.4 is 10.0 Å². The predicted molar refractivity (Wildman–Crippen MR) is 105 cm³/mol. The van der Waals surface area contributed by atoms with Gasteiger partial charge >= 0.3 is 6.03 Å². The summed E-state index contributed by atoms with van der Waals surface area (Å²) in [5.41, 5.74) is 2.83. The molecule has 1 aromatic heterocycles. The van der Waals surface area contributed by atoms with Crippen LogP contribution in [-0.4, -0.2) is 24.4 Å². The molecule has 1 heterocycles. The maximum Gasteiger partial charge on any atom is 0.333 e. The fraction of sp³-hybridized carbons (Fsp3) is 0.421. The summed E-state index contributed by atoms with van der Waals surface area (Å²) in [6.07, 6.45) is 1.20. The topological polar surface area (TPSA) is 101 Å². The molecule has 0 aliphatic rings. The van der Waals surface area contributed by atoms with Gasteiger partial charge in [0.2, 0.25) is 0 Å². The minimum absolute atomic E-state index is 0.121. The summed E-state index contributed by atoms with van der Waals surface area (Å²) in [5, 5.41) is 2.73. The van der Waals surface area contributed by atoms with Crippen LogP contribution in [0.2, 0.25) is 0 Å². The van der Waals surface area contributed by atoms with E-state index in [4.69, 9.17) is 0 Å². The van der Waals surface area contributed by atoms with Crippen molar-refractivity contribution in [1.29, 1.82) is 0 Å². The highest BCUT2D eigenvalue weighted by atomic mass is 32.2. The molecule has 2 aromatic rings. The smallest absolute Gasteiger partial charge is 0.307 e. The first kappa shape index (κ1) is 20.8. The molecule has 0 saturated heterocycles. The van der Waals surface area contributed by atoms with Gasteiger partial charge in [-0.1, -0.05) is 45.9 Å². The van der Waals surface area contributed by atoms with Crippen molar-refractivity contribution in [2.45, 2.75) is 58.3 Å². The summed E-state index contributed by atoms with van der Waals surface area (Å²) in [7, 11) is -4.08. The maximum absolute atomic E-state index is 12.6. The molecule has 1 aromatic carbocycles. The van der Waals surface area contributed by atoms with Gasteiger partial charge in [-0.15, -0.1) is 0 Å². The van der Waals surface area contributed by atoms with Crippen molar-refractivity contribution < 1.29 is 13.2 Å². The number of aryl methyl sites for hydroxylation is 2. The molecule has 8 heteroatoms. The number of aromatic nitrogens is 2. The number of benzene rings is 1. The van der Waals surface area contributed by atoms with Crippen LogP contribution in [0, 0.1) is 13.8 Å². The number of carbonyl (C=O) groups is 1. The Morgan fingerprint density at radius 3 is 2.07 bits per heavy atom. The van der Waals surface area contributed by atoms with Crippen molar-refractivity contribution >= 4 is 21.7 Å². The van der Waals surface area contributed by atoms with E-state index >= 15 is 0 Å². The Hall–Kier alpha value is -2.48. The fourth-order valence-corrected chi connectivity index (χ4v) is 3.88. The molecular weight excluding hydrogens is 364 g/mol. The highest BCUT2D eigenvalue weighted by molar-refractivity contribution is 7.90. The summed E-state index contributed by atoms with van der Waals surface area (Å²) < 4.78 is 27.2. The molecule has 0 unspecified atom stereocenters. The third kappa shape index (κ3) is 4.82. The van der Waals surface area contributed by atoms with Crippen molar-refractivity contribution in [3.05, 3.63) is 47.0 Å². The average Bonchev–Trinajstić information content (AvgIpc) is 2.53. The second kappa shape index (κ2) is 8.04. The van der Waals surface area contributed by atoms with Gasteiger partial charge in [-0.25, -0.2) is 27.9 Å². The molecule has 0 bridgehead atoms. The van der Waals surface area contributed by atoms with Crippen molar-refractivity contribution in [3.8, 4) is 0 Å². The lowest BCUT2D eigenvalue weighted by Gasteiger charge is -2.20. The van der Waals surface area contributed by atoms with Gasteiger partial charge in [0.1, 0.15) is 10.7 Å². The van der Waals surface area contributed by atoms with Gasteiger partial charge in [-0.2, -0.15) is 0 Å². The molecule has 0 aliphatic carbocycles. The van der Waals surface area contributed by atoms with Gasteiger partial charge in [-0.3, -0.25) is 0 Å². The first-order valence-corrected chi connectivity index (χ1v) is 10.3. The number of sulfonamides is 1. The number of hydrogen-bond donors (Lipinski definition) is 2. The van der Waals surface area contributed by atoms with Gasteiger partial charge < -0.3 is 5.32 Å². The molecule has 146 valence electrons. The summed E-state index contributed by atoms with van der Waals surface area (Å²) in [4.78, 5) is 20.3. The molecule has 2 amide bonds. The van der Waals surface area contributed by atoms with Crippen molar-refractivity contribution in [2.24, 2.45) is 0 Å². The van der Waals surface area contributed by atoms with Crippen LogP contribution >= 0.6 is 0 Å². The average molecular weight is 391 g/mol. The SMILES string of the molecule is Cc1ncc(S(=O)(=O)NC(=O)Nc2c(C(C)C)cccc2C(C)C)c(C)n1. The lowest BCUT2D eigenvalue weighted by Crippen LogP contribution is -2.35. The van der Waals surface area contributed by atoms with E-state index in [9.17, 15) is 13.2 Å². The maximum atomic E-state index is 12.6. The van der Waals surface area contributed by atoms with Gasteiger partial charge in [0.15, 0.2) is 0 Å². The van der Waals surface area contributed by atoms with Gasteiger partial charge in [0.25, 0.3) is 10.0 Å². The number of nitrogens with one attached hydrogen (secondary N) is 2. The van der Waals surface area contributed by atoms with Crippen molar-refractivity contribution in [1.82, 2.24) is 14.7 Å². The second-order valence-electron chi connectivity index (χ2n) is 7.05. The van der Waals surface area contributed by atoms with Crippen LogP contribution in [0.1, 0.15) is 62.2 Å². The lowest BCUT2D eigenvalue weighted by molar-refractivity contribution is 0.256. The number of rotatable bonds is 5. The molecule has 0 saturated carbocycles. The van der Waals surface area contributed by atoms with Crippen LogP contribution in [0.25, 0.3) is 0 Å². The van der Waals surface area contributed by atoms with E-state index in [0.29, 0.717) is 11.5 Å². The number of amides is 2. The van der Waals surface area contributed by atoms with E-state index in [1.807, 2.05) is 45.9 Å². The number of hydrogen-bond acceptors (Lipinski definition) is 5. The van der Waals surface area contributed by atoms with Gasteiger partial charge in [-0.05, 0) is 36.8 Å². The second-order valence-corrected chi connectivity index (χ2v) is 8.70. The quantitative estimate of drug-likeness (QED) is 0.807. The molecule has 0 spiro atoms. The van der Waals surface area contributed by atoms with Crippen LogP contribution in [-0.2, 0) is 10.0 Å². The Morgan fingerprint density at radius 1 is 1.04 bits per heavy atom. The lowest BCUT2D eigenvalue weighted by atomic mass is 9.93. The zero-order valence-electron chi connectivity index (χ0n) is 16.5. The van der Waals surface area contributed by atoms with E-state index in [1.54, 1.807) is 13.8 Å². The standard InChI is InChI=1S/C19H26N4O3S/c1-11(2)15-8-7-9-16(12(3)4)18(15)22-19(24)23-27(25,26)17-10-20-14(6)21-13(17)5/h7-12H,1-6H3,(H2,22,23,24). The molecule has 0 aliphatic heterocycles. The molecule has 2 N–H and O–H groups in total. The molecule has 2 rings (SSSR count). The Kier molecular flexibility index (Phi) is 6.20. The van der Waals surface area contributed by atoms with Crippen molar-refractivity contribution in [2.75, 3.05) is 5.32 Å². The first-order chi connectivity index (χ1) is 12.5. The number of nitrogens with zero attached hydrogens (tertiary/aromatic N) is 2. The van der Waals surface area contributed by atoms with Crippen molar-refractivity contribution in [3.63, 3.8) is 0 Å². The molecule has 0 fully saturated rings. The van der Waals surface area contributed by atoms with Crippen LogP contribution in [0.5, 0.6) is 0 Å². The normalized spacial score (nSPS) is 11.7. The van der Waals surface area contributed by atoms with E-state index in [1.165, 1.54) is 6.20 Å². The predicted octanol–water partition coefficient (Wildman–Crippen LogP) is 3.85. The molecular formula is C19H26N4O3S. The van der Waals surface area contributed by atoms with E-state index < -0.39 is 16.1 Å². The number of urea groups is 1. The zero-order chi connectivity index (χ0) is 20.4. The highest BCUT2D eigenvalue weighted by Crippen LogP contribution is 2.32. The van der Waals surface area contributed by atoms with E-state index in [0.717, 1.165) is 11.1 Å². The minimum Gasteiger partial charge on any atom is -0.307 e. The fourth-order valence-electron chi connectivity index (χ4n) is 2.85. The third-order valence-corrected chi connectivity index (χ3v) is 5.62. The third-order valence-electron chi connectivity index (χ3n) is 4.18. The molecule has 27 heavy (non-hydrogen) atoms. The van der Waals surface area contributed by atoms with E-state index in [-0.39, 0.29) is 22.4 Å². The van der Waals surface area contributed by atoms with Crippen LogP contribution in [0.15, 0.2) is 29.3 Å². The molecule has 7 nitrogen and oxygen atoms in total. The van der Waals surface area contributed by atoms with Gasteiger partial charge in [0.05, 0.1) is 11.9 Å². The highest BCUT2D eigenvalue weighted by Gasteiger charge is 2.23. The monoisotopic (exact) mass is 390 g/mol. The number of anilines is 1.